The lowest BCUT2D eigenvalue weighted by Gasteiger charge is -2.36. The van der Waals surface area contributed by atoms with Gasteiger partial charge in [-0.05, 0) is 37.7 Å². The Bertz CT molecular complexity index is 765. The van der Waals surface area contributed by atoms with Crippen molar-refractivity contribution in [1.29, 1.82) is 0 Å². The Hall–Kier alpha value is -1.48. The number of hydrogen-bond acceptors (Lipinski definition) is 5. The summed E-state index contributed by atoms with van der Waals surface area (Å²) in [6.07, 6.45) is 6.71. The highest BCUT2D eigenvalue weighted by Gasteiger charge is 2.33. The van der Waals surface area contributed by atoms with Crippen molar-refractivity contribution in [3.05, 3.63) is 35.9 Å². The van der Waals surface area contributed by atoms with E-state index >= 15 is 0 Å². The third-order valence-electron chi connectivity index (χ3n) is 6.07. The lowest BCUT2D eigenvalue weighted by molar-refractivity contribution is -0.126. The summed E-state index contributed by atoms with van der Waals surface area (Å²) in [4.78, 5) is 12.3. The maximum absolute atomic E-state index is 12.5. The fourth-order valence-electron chi connectivity index (χ4n) is 4.41. The molecule has 1 aromatic rings. The van der Waals surface area contributed by atoms with Crippen LogP contribution in [0, 0.1) is 5.92 Å². The van der Waals surface area contributed by atoms with Crippen molar-refractivity contribution in [2.24, 2.45) is 5.92 Å². The maximum Gasteiger partial charge on any atom is 0.223 e. The average molecular weight is 439 g/mol. The van der Waals surface area contributed by atoms with Crippen LogP contribution in [0.25, 0.3) is 0 Å². The first-order chi connectivity index (χ1) is 14.5. The Kier molecular flexibility index (Phi) is 8.68. The van der Waals surface area contributed by atoms with Crippen molar-refractivity contribution < 1.29 is 23.1 Å². The summed E-state index contributed by atoms with van der Waals surface area (Å²) in [5.41, 5.74) is 0.717. The number of nitrogens with one attached hydrogen (secondary N) is 2. The van der Waals surface area contributed by atoms with Gasteiger partial charge in [0.25, 0.3) is 0 Å². The molecule has 3 N–H and O–H groups in total. The van der Waals surface area contributed by atoms with Gasteiger partial charge < -0.3 is 15.2 Å². The van der Waals surface area contributed by atoms with E-state index in [0.29, 0.717) is 31.4 Å². The summed E-state index contributed by atoms with van der Waals surface area (Å²) < 4.78 is 33.7. The molecule has 1 saturated carbocycles. The molecule has 1 aliphatic heterocycles. The molecule has 3 atom stereocenters. The molecule has 2 aliphatic rings. The molecule has 0 radical (unpaired) electrons. The highest BCUT2D eigenvalue weighted by atomic mass is 32.2. The van der Waals surface area contributed by atoms with E-state index in [9.17, 15) is 18.3 Å². The van der Waals surface area contributed by atoms with Crippen LogP contribution in [0.1, 0.15) is 56.9 Å². The van der Waals surface area contributed by atoms with Gasteiger partial charge in [-0.2, -0.15) is 0 Å². The average Bonchev–Trinajstić information content (AvgIpc) is 2.75. The minimum Gasteiger partial charge on any atom is -0.394 e. The summed E-state index contributed by atoms with van der Waals surface area (Å²) in [7, 11) is -3.53. The fourth-order valence-corrected chi connectivity index (χ4v) is 5.86. The van der Waals surface area contributed by atoms with Crippen LogP contribution in [-0.2, 0) is 25.3 Å². The number of sulfonamides is 1. The van der Waals surface area contributed by atoms with Crippen molar-refractivity contribution in [2.45, 2.75) is 75.4 Å². The Morgan fingerprint density at radius 2 is 1.80 bits per heavy atom. The Morgan fingerprint density at radius 3 is 2.50 bits per heavy atom. The molecule has 1 aromatic carbocycles. The second-order valence-electron chi connectivity index (χ2n) is 8.44. The van der Waals surface area contributed by atoms with Gasteiger partial charge in [-0.25, -0.2) is 13.1 Å². The van der Waals surface area contributed by atoms with Gasteiger partial charge in [-0.1, -0.05) is 49.6 Å². The summed E-state index contributed by atoms with van der Waals surface area (Å²) in [6, 6.07) is 8.57. The third kappa shape index (κ3) is 7.04. The second-order valence-corrected chi connectivity index (χ2v) is 10.2. The zero-order valence-electron chi connectivity index (χ0n) is 17.5. The Morgan fingerprint density at radius 1 is 1.07 bits per heavy atom. The second kappa shape index (κ2) is 11.2. The molecule has 1 aliphatic carbocycles. The quantitative estimate of drug-likeness (QED) is 0.548. The number of carbonyl (C=O) groups is 1. The minimum absolute atomic E-state index is 0.0938. The fraction of sp³-hybridized carbons (Fsp3) is 0.682. The van der Waals surface area contributed by atoms with Crippen LogP contribution >= 0.6 is 0 Å². The number of ether oxygens (including phenoxy) is 1. The Balaban J connectivity index is 1.43. The molecule has 0 unspecified atom stereocenters. The largest absolute Gasteiger partial charge is 0.394 e. The molecule has 1 heterocycles. The summed E-state index contributed by atoms with van der Waals surface area (Å²) in [5, 5.41) is 12.7. The normalized spacial score (nSPS) is 25.7. The van der Waals surface area contributed by atoms with Crippen LogP contribution in [0.5, 0.6) is 0 Å². The predicted molar refractivity (Wildman–Crippen MR) is 115 cm³/mol. The van der Waals surface area contributed by atoms with Crippen LogP contribution in [0.4, 0.5) is 0 Å². The van der Waals surface area contributed by atoms with Crippen LogP contribution in [0.15, 0.2) is 30.3 Å². The Labute approximate surface area is 179 Å². The van der Waals surface area contributed by atoms with E-state index in [0.717, 1.165) is 25.7 Å². The lowest BCUT2D eigenvalue weighted by atomic mass is 9.88. The van der Waals surface area contributed by atoms with E-state index in [-0.39, 0.29) is 30.3 Å². The minimum atomic E-state index is -3.53. The number of benzene rings is 1. The van der Waals surface area contributed by atoms with Crippen LogP contribution in [-0.4, -0.2) is 50.8 Å². The zero-order valence-corrected chi connectivity index (χ0v) is 18.3. The monoisotopic (exact) mass is 438 g/mol. The first kappa shape index (κ1) is 23.2. The van der Waals surface area contributed by atoms with Gasteiger partial charge in [0, 0.05) is 12.5 Å². The molecule has 1 saturated heterocycles. The SMILES string of the molecule is O=C(NCC[C@@H]1CC[C@@H](NS(=O)(=O)Cc2ccccc2)[C@H](CO)O1)C1CCCCC1. The predicted octanol–water partition coefficient (Wildman–Crippen LogP) is 2.10. The molecule has 8 heteroatoms. The van der Waals surface area contributed by atoms with Crippen LogP contribution in [0.2, 0.25) is 0 Å². The van der Waals surface area contributed by atoms with Crippen LogP contribution in [0.3, 0.4) is 0 Å². The van der Waals surface area contributed by atoms with E-state index in [4.69, 9.17) is 4.74 Å². The number of carbonyl (C=O) groups excluding carboxylic acids is 1. The van der Waals surface area contributed by atoms with E-state index in [1.165, 1.54) is 6.42 Å². The third-order valence-corrected chi connectivity index (χ3v) is 7.44. The van der Waals surface area contributed by atoms with Gasteiger partial charge in [0.2, 0.25) is 15.9 Å². The summed E-state index contributed by atoms with van der Waals surface area (Å²) in [6.45, 7) is 0.298. The molecular weight excluding hydrogens is 404 g/mol. The highest BCUT2D eigenvalue weighted by Crippen LogP contribution is 2.25. The van der Waals surface area contributed by atoms with Crippen LogP contribution < -0.4 is 10.0 Å². The zero-order chi connectivity index (χ0) is 21.4. The van der Waals surface area contributed by atoms with Gasteiger partial charge in [0.05, 0.1) is 30.6 Å². The summed E-state index contributed by atoms with van der Waals surface area (Å²) in [5.74, 6) is 0.175. The summed E-state index contributed by atoms with van der Waals surface area (Å²) >= 11 is 0. The number of aliphatic hydroxyl groups excluding tert-OH is 1. The van der Waals surface area contributed by atoms with Gasteiger partial charge in [0.1, 0.15) is 0 Å². The molecule has 30 heavy (non-hydrogen) atoms. The first-order valence-corrected chi connectivity index (χ1v) is 12.7. The molecule has 2 fully saturated rings. The van der Waals surface area contributed by atoms with Gasteiger partial charge in [0.15, 0.2) is 0 Å². The van der Waals surface area contributed by atoms with Crippen molar-refractivity contribution >= 4 is 15.9 Å². The van der Waals surface area contributed by atoms with Gasteiger partial charge in [-0.15, -0.1) is 0 Å². The molecular formula is C22H34N2O5S. The smallest absolute Gasteiger partial charge is 0.223 e. The van der Waals surface area contributed by atoms with Crippen molar-refractivity contribution in [3.63, 3.8) is 0 Å². The molecule has 1 amide bonds. The standard InChI is InChI=1S/C22H34N2O5S/c25-15-21-20(24-30(27,28)16-17-7-3-1-4-8-17)12-11-19(29-21)13-14-23-22(26)18-9-5-2-6-10-18/h1,3-4,7-8,18-21,24-25H,2,5-6,9-16H2,(H,23,26)/t19-,20+,21-/m0/s1. The molecule has 168 valence electrons. The highest BCUT2D eigenvalue weighted by molar-refractivity contribution is 7.88. The van der Waals surface area contributed by atoms with E-state index in [2.05, 4.69) is 10.0 Å². The lowest BCUT2D eigenvalue weighted by Crippen LogP contribution is -2.51. The number of rotatable bonds is 9. The molecule has 7 nitrogen and oxygen atoms in total. The topological polar surface area (TPSA) is 105 Å². The molecule has 3 rings (SSSR count). The molecule has 0 bridgehead atoms. The van der Waals surface area contributed by atoms with Crippen molar-refractivity contribution in [3.8, 4) is 0 Å². The van der Waals surface area contributed by atoms with Crippen molar-refractivity contribution in [1.82, 2.24) is 10.0 Å². The van der Waals surface area contributed by atoms with Gasteiger partial charge in [-0.3, -0.25) is 4.79 Å². The number of hydrogen-bond donors (Lipinski definition) is 3. The van der Waals surface area contributed by atoms with Gasteiger partial charge >= 0.3 is 0 Å². The van der Waals surface area contributed by atoms with E-state index < -0.39 is 22.2 Å². The molecule has 0 aromatic heterocycles. The molecule has 0 spiro atoms. The number of amides is 1. The van der Waals surface area contributed by atoms with E-state index in [1.807, 2.05) is 18.2 Å². The maximum atomic E-state index is 12.5. The number of aliphatic hydroxyl groups is 1. The van der Waals surface area contributed by atoms with E-state index in [1.54, 1.807) is 12.1 Å². The first-order valence-electron chi connectivity index (χ1n) is 11.0. The van der Waals surface area contributed by atoms with Crippen molar-refractivity contribution in [2.75, 3.05) is 13.2 Å².